The Morgan fingerprint density at radius 3 is 2.44 bits per heavy atom. The highest BCUT2D eigenvalue weighted by atomic mass is 19.3. The van der Waals surface area contributed by atoms with Crippen LogP contribution in [0.25, 0.3) is 0 Å². The van der Waals surface area contributed by atoms with Crippen LogP contribution in [0.15, 0.2) is 24.3 Å². The van der Waals surface area contributed by atoms with E-state index in [2.05, 4.69) is 4.74 Å². The molecular weight excluding hydrogens is 213 g/mol. The van der Waals surface area contributed by atoms with Gasteiger partial charge in [-0.05, 0) is 12.5 Å². The SMILES string of the molecule is [B]c1ccc(CC(F)(F)C(=O)OCC)cc1. The number of esters is 1. The molecule has 16 heavy (non-hydrogen) atoms. The summed E-state index contributed by atoms with van der Waals surface area (Å²) in [5.74, 6) is -4.99. The van der Waals surface area contributed by atoms with Crippen molar-refractivity contribution in [3.63, 3.8) is 0 Å². The molecule has 0 spiro atoms. The van der Waals surface area contributed by atoms with Gasteiger partial charge in [-0.1, -0.05) is 29.7 Å². The zero-order chi connectivity index (χ0) is 12.2. The number of ether oxygens (including phenoxy) is 1. The number of alkyl halides is 2. The van der Waals surface area contributed by atoms with Gasteiger partial charge in [-0.15, -0.1) is 0 Å². The summed E-state index contributed by atoms with van der Waals surface area (Å²) in [5, 5.41) is 0. The van der Waals surface area contributed by atoms with Crippen molar-refractivity contribution >= 4 is 19.3 Å². The van der Waals surface area contributed by atoms with E-state index in [9.17, 15) is 13.6 Å². The van der Waals surface area contributed by atoms with Crippen LogP contribution in [0.2, 0.25) is 0 Å². The molecule has 0 N–H and O–H groups in total. The molecule has 0 aliphatic carbocycles. The number of halogens is 2. The van der Waals surface area contributed by atoms with Crippen LogP contribution in [-0.2, 0) is 16.0 Å². The molecule has 0 aromatic heterocycles. The lowest BCUT2D eigenvalue weighted by atomic mass is 9.94. The quantitative estimate of drug-likeness (QED) is 0.567. The maximum absolute atomic E-state index is 13.3. The second kappa shape index (κ2) is 5.10. The second-order valence-corrected chi connectivity index (χ2v) is 3.34. The highest BCUT2D eigenvalue weighted by Crippen LogP contribution is 2.21. The lowest BCUT2D eigenvalue weighted by Crippen LogP contribution is -2.33. The first kappa shape index (κ1) is 12.7. The van der Waals surface area contributed by atoms with Crippen molar-refractivity contribution in [3.8, 4) is 0 Å². The van der Waals surface area contributed by atoms with Crippen LogP contribution in [0.5, 0.6) is 0 Å². The first-order valence-corrected chi connectivity index (χ1v) is 4.85. The van der Waals surface area contributed by atoms with Gasteiger partial charge >= 0.3 is 11.9 Å². The summed E-state index contributed by atoms with van der Waals surface area (Å²) in [6.07, 6.45) is -0.674. The van der Waals surface area contributed by atoms with Crippen molar-refractivity contribution in [2.75, 3.05) is 6.61 Å². The van der Waals surface area contributed by atoms with Crippen LogP contribution in [0.1, 0.15) is 12.5 Å². The van der Waals surface area contributed by atoms with E-state index in [0.29, 0.717) is 11.0 Å². The average Bonchev–Trinajstić information content (AvgIpc) is 2.21. The Morgan fingerprint density at radius 2 is 1.94 bits per heavy atom. The van der Waals surface area contributed by atoms with Crippen molar-refractivity contribution in [2.24, 2.45) is 0 Å². The molecule has 0 unspecified atom stereocenters. The molecule has 84 valence electrons. The first-order valence-electron chi connectivity index (χ1n) is 4.85. The van der Waals surface area contributed by atoms with E-state index < -0.39 is 18.3 Å². The van der Waals surface area contributed by atoms with Gasteiger partial charge in [0.25, 0.3) is 0 Å². The molecule has 1 aromatic rings. The van der Waals surface area contributed by atoms with Crippen LogP contribution in [-0.4, -0.2) is 26.3 Å². The van der Waals surface area contributed by atoms with Crippen LogP contribution in [0.3, 0.4) is 0 Å². The zero-order valence-corrected chi connectivity index (χ0v) is 8.87. The van der Waals surface area contributed by atoms with Gasteiger partial charge in [-0.3, -0.25) is 0 Å². The molecule has 0 saturated heterocycles. The Morgan fingerprint density at radius 1 is 1.38 bits per heavy atom. The van der Waals surface area contributed by atoms with Gasteiger partial charge in [-0.2, -0.15) is 8.78 Å². The molecule has 2 radical (unpaired) electrons. The third-order valence-corrected chi connectivity index (χ3v) is 1.98. The average molecular weight is 224 g/mol. The number of rotatable bonds is 4. The van der Waals surface area contributed by atoms with E-state index in [1.807, 2.05) is 0 Å². The molecule has 0 heterocycles. The van der Waals surface area contributed by atoms with Gasteiger partial charge in [0.05, 0.1) is 6.61 Å². The molecule has 0 saturated carbocycles. The van der Waals surface area contributed by atoms with Gasteiger partial charge in [-0.25, -0.2) is 4.79 Å². The van der Waals surface area contributed by atoms with Crippen molar-refractivity contribution < 1.29 is 18.3 Å². The lowest BCUT2D eigenvalue weighted by Gasteiger charge is -2.14. The maximum atomic E-state index is 13.3. The summed E-state index contributed by atoms with van der Waals surface area (Å²) in [5.41, 5.74) is 0.829. The van der Waals surface area contributed by atoms with Gasteiger partial charge in [0.15, 0.2) is 0 Å². The number of carbonyl (C=O) groups excluding carboxylic acids is 1. The normalized spacial score (nSPS) is 11.2. The summed E-state index contributed by atoms with van der Waals surface area (Å²) < 4.78 is 30.9. The first-order chi connectivity index (χ1) is 7.45. The summed E-state index contributed by atoms with van der Waals surface area (Å²) in [4.78, 5) is 10.9. The molecule has 0 amide bonds. The highest BCUT2D eigenvalue weighted by Gasteiger charge is 2.40. The summed E-state index contributed by atoms with van der Waals surface area (Å²) in [6, 6.07) is 5.94. The summed E-state index contributed by atoms with van der Waals surface area (Å²) in [6.45, 7) is 1.42. The van der Waals surface area contributed by atoms with Crippen LogP contribution in [0, 0.1) is 0 Å². The predicted octanol–water partition coefficient (Wildman–Crippen LogP) is 1.22. The Balaban J connectivity index is 2.72. The number of benzene rings is 1. The Labute approximate surface area is 94.0 Å². The van der Waals surface area contributed by atoms with Crippen molar-refractivity contribution in [1.29, 1.82) is 0 Å². The minimum atomic E-state index is -3.49. The van der Waals surface area contributed by atoms with Crippen LogP contribution >= 0.6 is 0 Å². The predicted molar refractivity (Wildman–Crippen MR) is 57.1 cm³/mol. The van der Waals surface area contributed by atoms with E-state index in [4.69, 9.17) is 7.85 Å². The number of hydrogen-bond donors (Lipinski definition) is 0. The van der Waals surface area contributed by atoms with E-state index in [1.165, 1.54) is 31.2 Å². The standard InChI is InChI=1S/C11H11BF2O2/c1-2-16-10(15)11(13,14)7-8-3-5-9(12)6-4-8/h3-6H,2,7H2,1H3. The lowest BCUT2D eigenvalue weighted by molar-refractivity contribution is -0.171. The van der Waals surface area contributed by atoms with E-state index in [1.54, 1.807) is 0 Å². The number of hydrogen-bond acceptors (Lipinski definition) is 2. The fraction of sp³-hybridized carbons (Fsp3) is 0.364. The largest absolute Gasteiger partial charge is 0.462 e. The van der Waals surface area contributed by atoms with Gasteiger partial charge < -0.3 is 4.74 Å². The van der Waals surface area contributed by atoms with E-state index in [0.717, 1.165) is 0 Å². The molecular formula is C11H11BF2O2. The monoisotopic (exact) mass is 224 g/mol. The van der Waals surface area contributed by atoms with Crippen LogP contribution < -0.4 is 5.46 Å². The van der Waals surface area contributed by atoms with E-state index in [-0.39, 0.29) is 6.61 Å². The highest BCUT2D eigenvalue weighted by molar-refractivity contribution is 6.32. The van der Waals surface area contributed by atoms with Gasteiger partial charge in [0, 0.05) is 6.42 Å². The molecule has 0 aliphatic rings. The number of carbonyl (C=O) groups is 1. The molecule has 5 heteroatoms. The molecule has 0 fully saturated rings. The smallest absolute Gasteiger partial charge is 0.377 e. The summed E-state index contributed by atoms with van der Waals surface area (Å²) in [7, 11) is 5.42. The molecule has 1 rings (SSSR count). The van der Waals surface area contributed by atoms with Crippen molar-refractivity contribution in [1.82, 2.24) is 0 Å². The molecule has 2 nitrogen and oxygen atoms in total. The third kappa shape index (κ3) is 3.33. The minimum Gasteiger partial charge on any atom is -0.462 e. The second-order valence-electron chi connectivity index (χ2n) is 3.34. The van der Waals surface area contributed by atoms with Gasteiger partial charge in [0.1, 0.15) is 7.85 Å². The minimum absolute atomic E-state index is 0.0594. The van der Waals surface area contributed by atoms with Gasteiger partial charge in [0.2, 0.25) is 0 Å². The molecule has 0 bridgehead atoms. The third-order valence-electron chi connectivity index (χ3n) is 1.98. The Hall–Kier alpha value is -1.39. The Kier molecular flexibility index (Phi) is 4.04. The topological polar surface area (TPSA) is 26.3 Å². The van der Waals surface area contributed by atoms with Crippen molar-refractivity contribution in [3.05, 3.63) is 29.8 Å². The summed E-state index contributed by atoms with van der Waals surface area (Å²) >= 11 is 0. The molecule has 0 atom stereocenters. The Bertz CT molecular complexity index is 363. The fourth-order valence-corrected chi connectivity index (χ4v) is 1.20. The van der Waals surface area contributed by atoms with E-state index >= 15 is 0 Å². The zero-order valence-electron chi connectivity index (χ0n) is 8.87. The molecule has 1 aromatic carbocycles. The molecule has 0 aliphatic heterocycles. The maximum Gasteiger partial charge on any atom is 0.377 e. The van der Waals surface area contributed by atoms with Crippen LogP contribution in [0.4, 0.5) is 8.78 Å². The van der Waals surface area contributed by atoms with Crippen molar-refractivity contribution in [2.45, 2.75) is 19.3 Å². The fourth-order valence-electron chi connectivity index (χ4n) is 1.20.